The van der Waals surface area contributed by atoms with Crippen molar-refractivity contribution >= 4 is 17.3 Å². The standard InChI is InChI=1S/C31H35N5O5/c1-38-27-6-4-3-5-26(27)32-25-11-8-22(9-12-25)20-29-33-30(36-14-17-40-18-15-36)35-31(34-29)41-16-13-23-7-10-24(21-37)28(19-23)39-2/h3-12,19,32,37H,13-18,20-21H2,1-2H3. The summed E-state index contributed by atoms with van der Waals surface area (Å²) in [5, 5.41) is 12.9. The Labute approximate surface area is 239 Å². The first-order valence-corrected chi connectivity index (χ1v) is 13.6. The van der Waals surface area contributed by atoms with Crippen molar-refractivity contribution in [3.8, 4) is 17.5 Å². The zero-order valence-corrected chi connectivity index (χ0v) is 23.4. The molecule has 0 bridgehead atoms. The van der Waals surface area contributed by atoms with Gasteiger partial charge in [0, 0.05) is 37.2 Å². The van der Waals surface area contributed by atoms with Gasteiger partial charge in [0.15, 0.2) is 0 Å². The van der Waals surface area contributed by atoms with E-state index in [1.54, 1.807) is 14.2 Å². The number of hydrogen-bond acceptors (Lipinski definition) is 10. The summed E-state index contributed by atoms with van der Waals surface area (Å²) in [6.07, 6.45) is 1.17. The predicted octanol–water partition coefficient (Wildman–Crippen LogP) is 4.17. The highest BCUT2D eigenvalue weighted by Gasteiger charge is 2.18. The lowest BCUT2D eigenvalue weighted by molar-refractivity contribution is 0.122. The Bertz CT molecular complexity index is 1430. The van der Waals surface area contributed by atoms with Gasteiger partial charge in [-0.15, -0.1) is 0 Å². The van der Waals surface area contributed by atoms with Gasteiger partial charge in [-0.3, -0.25) is 0 Å². The molecule has 0 spiro atoms. The molecule has 1 fully saturated rings. The van der Waals surface area contributed by atoms with Crippen molar-refractivity contribution in [3.05, 3.63) is 89.2 Å². The fourth-order valence-corrected chi connectivity index (χ4v) is 4.56. The molecular weight excluding hydrogens is 522 g/mol. The number of morpholine rings is 1. The highest BCUT2D eigenvalue weighted by atomic mass is 16.5. The van der Waals surface area contributed by atoms with Crippen molar-refractivity contribution in [3.63, 3.8) is 0 Å². The Morgan fingerprint density at radius 3 is 2.39 bits per heavy atom. The zero-order chi connectivity index (χ0) is 28.4. The summed E-state index contributed by atoms with van der Waals surface area (Å²) >= 11 is 0. The van der Waals surface area contributed by atoms with Crippen molar-refractivity contribution < 1.29 is 24.1 Å². The number of nitrogens with zero attached hydrogens (tertiary/aromatic N) is 4. The minimum absolute atomic E-state index is 0.0705. The number of nitrogens with one attached hydrogen (secondary N) is 1. The Morgan fingerprint density at radius 1 is 0.878 bits per heavy atom. The topological polar surface area (TPSA) is 111 Å². The van der Waals surface area contributed by atoms with Crippen molar-refractivity contribution in [2.24, 2.45) is 0 Å². The smallest absolute Gasteiger partial charge is 0.321 e. The van der Waals surface area contributed by atoms with Gasteiger partial charge in [-0.1, -0.05) is 36.4 Å². The molecule has 5 rings (SSSR count). The molecule has 0 saturated carbocycles. The van der Waals surface area contributed by atoms with Crippen LogP contribution in [0.25, 0.3) is 0 Å². The van der Waals surface area contributed by atoms with Crippen LogP contribution in [0.5, 0.6) is 17.5 Å². The molecule has 3 aromatic carbocycles. The van der Waals surface area contributed by atoms with E-state index < -0.39 is 0 Å². The van der Waals surface area contributed by atoms with Gasteiger partial charge in [-0.05, 0) is 41.5 Å². The van der Waals surface area contributed by atoms with Gasteiger partial charge in [-0.25, -0.2) is 0 Å². The van der Waals surface area contributed by atoms with E-state index in [9.17, 15) is 5.11 Å². The van der Waals surface area contributed by atoms with Crippen LogP contribution < -0.4 is 24.4 Å². The summed E-state index contributed by atoms with van der Waals surface area (Å²) in [6.45, 7) is 3.00. The van der Waals surface area contributed by atoms with Crippen LogP contribution in [0, 0.1) is 0 Å². The summed E-state index contributed by atoms with van der Waals surface area (Å²) in [7, 11) is 3.26. The van der Waals surface area contributed by atoms with Crippen LogP contribution in [0.15, 0.2) is 66.7 Å². The van der Waals surface area contributed by atoms with Gasteiger partial charge in [0.1, 0.15) is 17.3 Å². The van der Waals surface area contributed by atoms with E-state index in [1.165, 1.54) is 0 Å². The van der Waals surface area contributed by atoms with Crippen LogP contribution in [0.4, 0.5) is 17.3 Å². The summed E-state index contributed by atoms with van der Waals surface area (Å²) in [5.41, 5.74) is 4.70. The number of hydrogen-bond donors (Lipinski definition) is 2. The highest BCUT2D eigenvalue weighted by Crippen LogP contribution is 2.27. The third-order valence-electron chi connectivity index (χ3n) is 6.79. The number of aliphatic hydroxyl groups is 1. The molecule has 0 amide bonds. The van der Waals surface area contributed by atoms with Crippen molar-refractivity contribution in [1.82, 2.24) is 15.0 Å². The third kappa shape index (κ3) is 7.41. The number of rotatable bonds is 12. The summed E-state index contributed by atoms with van der Waals surface area (Å²) in [4.78, 5) is 16.1. The number of benzene rings is 3. The van der Waals surface area contributed by atoms with Crippen LogP contribution in [-0.4, -0.2) is 67.2 Å². The number of aromatic nitrogens is 3. The van der Waals surface area contributed by atoms with Crippen LogP contribution >= 0.6 is 0 Å². The average molecular weight is 558 g/mol. The van der Waals surface area contributed by atoms with Gasteiger partial charge < -0.3 is 34.3 Å². The van der Waals surface area contributed by atoms with Gasteiger partial charge in [0.25, 0.3) is 0 Å². The van der Waals surface area contributed by atoms with E-state index in [0.29, 0.717) is 69.3 Å². The minimum atomic E-state index is -0.0705. The predicted molar refractivity (Wildman–Crippen MR) is 156 cm³/mol. The fraction of sp³-hybridized carbons (Fsp3) is 0.323. The van der Waals surface area contributed by atoms with E-state index in [4.69, 9.17) is 23.9 Å². The summed E-state index contributed by atoms with van der Waals surface area (Å²) in [5.74, 6) is 2.67. The quantitative estimate of drug-likeness (QED) is 0.263. The van der Waals surface area contributed by atoms with Gasteiger partial charge in [-0.2, -0.15) is 15.0 Å². The molecule has 0 unspecified atom stereocenters. The van der Waals surface area contributed by atoms with Crippen LogP contribution in [-0.2, 0) is 24.2 Å². The van der Waals surface area contributed by atoms with Crippen molar-refractivity contribution in [2.45, 2.75) is 19.4 Å². The van der Waals surface area contributed by atoms with E-state index in [1.807, 2.05) is 54.6 Å². The molecule has 1 aliphatic heterocycles. The maximum absolute atomic E-state index is 9.48. The molecule has 41 heavy (non-hydrogen) atoms. The molecule has 4 aromatic rings. The summed E-state index contributed by atoms with van der Waals surface area (Å²) < 4.78 is 22.4. The third-order valence-corrected chi connectivity index (χ3v) is 6.79. The monoisotopic (exact) mass is 557 g/mol. The molecule has 214 valence electrons. The molecule has 1 saturated heterocycles. The number of anilines is 3. The lowest BCUT2D eigenvalue weighted by Crippen LogP contribution is -2.37. The molecule has 2 N–H and O–H groups in total. The van der Waals surface area contributed by atoms with E-state index in [0.717, 1.165) is 33.8 Å². The van der Waals surface area contributed by atoms with E-state index in [2.05, 4.69) is 32.3 Å². The molecule has 1 aromatic heterocycles. The Hall–Kier alpha value is -4.41. The average Bonchev–Trinajstić information content (AvgIpc) is 3.02. The number of ether oxygens (including phenoxy) is 4. The lowest BCUT2D eigenvalue weighted by atomic mass is 10.1. The number of methoxy groups -OCH3 is 2. The van der Waals surface area contributed by atoms with E-state index >= 15 is 0 Å². The molecule has 2 heterocycles. The molecule has 0 aliphatic carbocycles. The molecule has 10 nitrogen and oxygen atoms in total. The normalized spacial score (nSPS) is 13.1. The number of aliphatic hydroxyl groups excluding tert-OH is 1. The SMILES string of the molecule is COc1cc(CCOc2nc(Cc3ccc(Nc4ccccc4OC)cc3)nc(N3CCOCC3)n2)ccc1CO. The zero-order valence-electron chi connectivity index (χ0n) is 23.4. The van der Waals surface area contributed by atoms with Crippen LogP contribution in [0.2, 0.25) is 0 Å². The fourth-order valence-electron chi connectivity index (χ4n) is 4.56. The Morgan fingerprint density at radius 2 is 1.63 bits per heavy atom. The first-order chi connectivity index (χ1) is 20.1. The van der Waals surface area contributed by atoms with Crippen LogP contribution in [0.1, 0.15) is 22.5 Å². The first kappa shape index (κ1) is 28.1. The first-order valence-electron chi connectivity index (χ1n) is 13.6. The molecule has 0 radical (unpaired) electrons. The number of para-hydroxylation sites is 2. The summed E-state index contributed by atoms with van der Waals surface area (Å²) in [6, 6.07) is 22.0. The highest BCUT2D eigenvalue weighted by molar-refractivity contribution is 5.66. The Balaban J connectivity index is 1.29. The maximum Gasteiger partial charge on any atom is 0.321 e. The van der Waals surface area contributed by atoms with Crippen LogP contribution in [0.3, 0.4) is 0 Å². The lowest BCUT2D eigenvalue weighted by Gasteiger charge is -2.27. The second kappa shape index (κ2) is 13.8. The van der Waals surface area contributed by atoms with Gasteiger partial charge >= 0.3 is 6.01 Å². The van der Waals surface area contributed by atoms with Crippen molar-refractivity contribution in [1.29, 1.82) is 0 Å². The molecule has 1 aliphatic rings. The minimum Gasteiger partial charge on any atom is -0.496 e. The maximum atomic E-state index is 9.48. The van der Waals surface area contributed by atoms with Gasteiger partial charge in [0.05, 0.1) is 46.3 Å². The molecular formula is C31H35N5O5. The second-order valence-corrected chi connectivity index (χ2v) is 9.54. The van der Waals surface area contributed by atoms with Gasteiger partial charge in [0.2, 0.25) is 5.95 Å². The second-order valence-electron chi connectivity index (χ2n) is 9.54. The molecule has 0 atom stereocenters. The van der Waals surface area contributed by atoms with Crippen molar-refractivity contribution in [2.75, 3.05) is 57.3 Å². The Kier molecular flexibility index (Phi) is 9.45. The molecule has 10 heteroatoms. The largest absolute Gasteiger partial charge is 0.496 e. The van der Waals surface area contributed by atoms with E-state index in [-0.39, 0.29) is 6.61 Å².